The minimum atomic E-state index is -0.299. The lowest BCUT2D eigenvalue weighted by Gasteiger charge is -2.17. The van der Waals surface area contributed by atoms with Gasteiger partial charge in [0.2, 0.25) is 5.75 Å². The van der Waals surface area contributed by atoms with E-state index in [0.717, 1.165) is 28.0 Å². The van der Waals surface area contributed by atoms with E-state index in [-0.39, 0.29) is 18.1 Å². The lowest BCUT2D eigenvalue weighted by Crippen LogP contribution is -2.20. The summed E-state index contributed by atoms with van der Waals surface area (Å²) in [6.07, 6.45) is 1.56. The Morgan fingerprint density at radius 1 is 0.911 bits per heavy atom. The van der Waals surface area contributed by atoms with Gasteiger partial charge in [0, 0.05) is 26.7 Å². The van der Waals surface area contributed by atoms with Crippen LogP contribution >= 0.6 is 23.2 Å². The summed E-state index contributed by atoms with van der Waals surface area (Å²) in [6.45, 7) is 6.31. The third kappa shape index (κ3) is 6.62. The molecule has 0 aliphatic carbocycles. The quantitative estimate of drug-likeness (QED) is 0.142. The van der Waals surface area contributed by atoms with Crippen molar-refractivity contribution in [3.8, 4) is 34.4 Å². The van der Waals surface area contributed by atoms with Gasteiger partial charge in [-0.25, -0.2) is 4.98 Å². The highest BCUT2D eigenvalue weighted by molar-refractivity contribution is 6.35. The predicted octanol–water partition coefficient (Wildman–Crippen LogP) is 8.29. The van der Waals surface area contributed by atoms with Gasteiger partial charge in [0.1, 0.15) is 12.4 Å². The van der Waals surface area contributed by atoms with Gasteiger partial charge in [0.05, 0.1) is 38.4 Å². The summed E-state index contributed by atoms with van der Waals surface area (Å²) >= 11 is 12.4. The van der Waals surface area contributed by atoms with Crippen LogP contribution in [0.3, 0.4) is 0 Å². The number of rotatable bonds is 10. The fraction of sp³-hybridized carbons (Fsp3) is 0.229. The average molecular weight is 647 g/mol. The third-order valence-corrected chi connectivity index (χ3v) is 7.97. The van der Waals surface area contributed by atoms with Crippen LogP contribution in [-0.4, -0.2) is 37.2 Å². The summed E-state index contributed by atoms with van der Waals surface area (Å²) in [5.41, 5.74) is 4.32. The largest absolute Gasteiger partial charge is 0.496 e. The summed E-state index contributed by atoms with van der Waals surface area (Å²) in [7, 11) is 4.72. The van der Waals surface area contributed by atoms with Crippen molar-refractivity contribution in [1.29, 1.82) is 0 Å². The van der Waals surface area contributed by atoms with Gasteiger partial charge < -0.3 is 18.9 Å². The highest BCUT2D eigenvalue weighted by Crippen LogP contribution is 2.39. The molecule has 1 heterocycles. The second-order valence-corrected chi connectivity index (χ2v) is 11.5. The van der Waals surface area contributed by atoms with E-state index in [1.165, 1.54) is 18.9 Å². The van der Waals surface area contributed by atoms with Crippen molar-refractivity contribution >= 4 is 40.3 Å². The van der Waals surface area contributed by atoms with E-state index in [0.29, 0.717) is 49.6 Å². The van der Waals surface area contributed by atoms with Gasteiger partial charge in [-0.15, -0.1) is 0 Å². The molecule has 0 amide bonds. The van der Waals surface area contributed by atoms with Crippen LogP contribution in [0.25, 0.3) is 22.3 Å². The molecule has 1 aromatic heterocycles. The zero-order chi connectivity index (χ0) is 32.2. The molecule has 10 heteroatoms. The lowest BCUT2D eigenvalue weighted by molar-refractivity contribution is 0.266. The summed E-state index contributed by atoms with van der Waals surface area (Å²) in [5.74, 6) is 2.60. The van der Waals surface area contributed by atoms with Gasteiger partial charge in [0.25, 0.3) is 5.56 Å². The molecule has 8 nitrogen and oxygen atoms in total. The second kappa shape index (κ2) is 13.6. The highest BCUT2D eigenvalue weighted by Gasteiger charge is 2.19. The number of nitrogens with zero attached hydrogens (tertiary/aromatic N) is 3. The SMILES string of the molecule is COc1cc(C)c(-c2nc3ccccc3c(=O)n2N=Cc2cc(OC)c(OCc3ccc(Cl)cc3Cl)c(OC)c2)cc1C(C)C. The smallest absolute Gasteiger partial charge is 0.282 e. The summed E-state index contributed by atoms with van der Waals surface area (Å²) in [5, 5.41) is 6.13. The van der Waals surface area contributed by atoms with E-state index in [9.17, 15) is 4.79 Å². The molecule has 0 radical (unpaired) electrons. The number of benzene rings is 4. The van der Waals surface area contributed by atoms with Crippen LogP contribution in [0.15, 0.2) is 76.6 Å². The van der Waals surface area contributed by atoms with Gasteiger partial charge in [-0.3, -0.25) is 4.79 Å². The first-order chi connectivity index (χ1) is 21.6. The first-order valence-electron chi connectivity index (χ1n) is 14.2. The number of halogens is 2. The molecule has 0 N–H and O–H groups in total. The van der Waals surface area contributed by atoms with Crippen LogP contribution < -0.4 is 24.5 Å². The molecular weight excluding hydrogens is 613 g/mol. The molecule has 0 saturated carbocycles. The zero-order valence-corrected chi connectivity index (χ0v) is 27.4. The van der Waals surface area contributed by atoms with Crippen molar-refractivity contribution in [3.63, 3.8) is 0 Å². The van der Waals surface area contributed by atoms with Crippen molar-refractivity contribution in [2.45, 2.75) is 33.3 Å². The van der Waals surface area contributed by atoms with E-state index >= 15 is 0 Å². The normalized spacial score (nSPS) is 11.4. The van der Waals surface area contributed by atoms with Crippen LogP contribution in [0.4, 0.5) is 0 Å². The number of hydrogen-bond acceptors (Lipinski definition) is 7. The Morgan fingerprint density at radius 3 is 2.24 bits per heavy atom. The Labute approximate surface area is 271 Å². The Bertz CT molecular complexity index is 1950. The molecule has 0 spiro atoms. The van der Waals surface area contributed by atoms with Gasteiger partial charge in [0.15, 0.2) is 17.3 Å². The van der Waals surface area contributed by atoms with E-state index in [4.69, 9.17) is 47.1 Å². The molecule has 0 fully saturated rings. The summed E-state index contributed by atoms with van der Waals surface area (Å²) in [4.78, 5) is 18.8. The number of para-hydroxylation sites is 1. The van der Waals surface area contributed by atoms with Crippen molar-refractivity contribution in [1.82, 2.24) is 9.66 Å². The highest BCUT2D eigenvalue weighted by atomic mass is 35.5. The Hall–Kier alpha value is -4.53. The standard InChI is InChI=1S/C35H33Cl2N3O5/c1-20(2)26-17-27(21(3)13-30(26)42-4)34-39-29-10-8-7-9-25(29)35(41)40(34)38-18-22-14-31(43-5)33(32(15-22)44-6)45-19-23-11-12-24(36)16-28(23)37/h7-18,20H,19H2,1-6H3. The van der Waals surface area contributed by atoms with E-state index < -0.39 is 0 Å². The molecule has 0 unspecified atom stereocenters. The van der Waals surface area contributed by atoms with E-state index in [2.05, 4.69) is 18.9 Å². The predicted molar refractivity (Wildman–Crippen MR) is 180 cm³/mol. The van der Waals surface area contributed by atoms with Gasteiger partial charge in [-0.05, 0) is 72.5 Å². The summed E-state index contributed by atoms with van der Waals surface area (Å²) < 4.78 is 24.4. The number of aryl methyl sites for hydroxylation is 1. The van der Waals surface area contributed by atoms with Gasteiger partial charge in [-0.1, -0.05) is 55.2 Å². The lowest BCUT2D eigenvalue weighted by atomic mass is 9.96. The molecule has 5 rings (SSSR count). The third-order valence-electron chi connectivity index (χ3n) is 7.39. The van der Waals surface area contributed by atoms with Crippen LogP contribution in [-0.2, 0) is 6.61 Å². The first-order valence-corrected chi connectivity index (χ1v) is 15.0. The molecule has 232 valence electrons. The maximum atomic E-state index is 13.9. The number of hydrogen-bond donors (Lipinski definition) is 0. The molecule has 0 aliphatic heterocycles. The summed E-state index contributed by atoms with van der Waals surface area (Å²) in [6, 6.07) is 19.9. The Balaban J connectivity index is 1.60. The molecule has 0 atom stereocenters. The number of aromatic nitrogens is 2. The van der Waals surface area contributed by atoms with Crippen LogP contribution in [0.5, 0.6) is 23.0 Å². The molecule has 0 bridgehead atoms. The fourth-order valence-corrected chi connectivity index (χ4v) is 5.47. The van der Waals surface area contributed by atoms with Gasteiger partial charge >= 0.3 is 0 Å². The minimum Gasteiger partial charge on any atom is -0.496 e. The molecule has 45 heavy (non-hydrogen) atoms. The topological polar surface area (TPSA) is 84.2 Å². The van der Waals surface area contributed by atoms with E-state index in [1.54, 1.807) is 55.8 Å². The van der Waals surface area contributed by atoms with Crippen LogP contribution in [0, 0.1) is 6.92 Å². The van der Waals surface area contributed by atoms with Crippen LogP contribution in [0.2, 0.25) is 10.0 Å². The number of ether oxygens (including phenoxy) is 4. The molecule has 0 aliphatic rings. The average Bonchev–Trinajstić information content (AvgIpc) is 3.03. The molecular formula is C35H33Cl2N3O5. The number of methoxy groups -OCH3 is 3. The van der Waals surface area contributed by atoms with Gasteiger partial charge in [-0.2, -0.15) is 9.78 Å². The maximum absolute atomic E-state index is 13.9. The van der Waals surface area contributed by atoms with Crippen LogP contribution in [0.1, 0.15) is 42.0 Å². The fourth-order valence-electron chi connectivity index (χ4n) is 5.00. The Kier molecular flexibility index (Phi) is 9.65. The van der Waals surface area contributed by atoms with Crippen molar-refractivity contribution < 1.29 is 18.9 Å². The molecule has 4 aromatic carbocycles. The molecule has 5 aromatic rings. The maximum Gasteiger partial charge on any atom is 0.282 e. The van der Waals surface area contributed by atoms with Crippen molar-refractivity contribution in [2.75, 3.05) is 21.3 Å². The van der Waals surface area contributed by atoms with Crippen molar-refractivity contribution in [3.05, 3.63) is 109 Å². The van der Waals surface area contributed by atoms with E-state index in [1.807, 2.05) is 31.2 Å². The monoisotopic (exact) mass is 645 g/mol. The molecule has 0 saturated heterocycles. The van der Waals surface area contributed by atoms with Crippen molar-refractivity contribution in [2.24, 2.45) is 5.10 Å². The first kappa shape index (κ1) is 31.9. The number of fused-ring (bicyclic) bond motifs is 1. The second-order valence-electron chi connectivity index (χ2n) is 10.7. The minimum absolute atomic E-state index is 0.164. The Morgan fingerprint density at radius 2 is 1.60 bits per heavy atom. The zero-order valence-electron chi connectivity index (χ0n) is 25.9.